The van der Waals surface area contributed by atoms with Crippen molar-refractivity contribution in [1.82, 2.24) is 15.3 Å². The fourth-order valence-corrected chi connectivity index (χ4v) is 3.03. The molecule has 6 nitrogen and oxygen atoms in total. The third-order valence-electron chi connectivity index (χ3n) is 4.54. The maximum absolute atomic E-state index is 14.9. The second-order valence-corrected chi connectivity index (χ2v) is 6.49. The number of aromatic amines is 1. The van der Waals surface area contributed by atoms with Crippen LogP contribution in [0.2, 0.25) is 0 Å². The third kappa shape index (κ3) is 3.69. The van der Waals surface area contributed by atoms with Crippen LogP contribution in [0, 0.1) is 24.1 Å². The van der Waals surface area contributed by atoms with Crippen molar-refractivity contribution in [2.75, 3.05) is 0 Å². The van der Waals surface area contributed by atoms with E-state index >= 15 is 0 Å². The number of hydrogen-bond acceptors (Lipinski definition) is 4. The van der Waals surface area contributed by atoms with Gasteiger partial charge in [-0.25, -0.2) is 4.39 Å². The van der Waals surface area contributed by atoms with Crippen molar-refractivity contribution in [1.29, 1.82) is 5.26 Å². The summed E-state index contributed by atoms with van der Waals surface area (Å²) in [4.78, 5) is 30.8. The normalized spacial score (nSPS) is 12.4. The summed E-state index contributed by atoms with van der Waals surface area (Å²) >= 11 is 0. The van der Waals surface area contributed by atoms with Crippen molar-refractivity contribution in [2.24, 2.45) is 0 Å². The molecule has 1 aromatic carbocycles. The number of carbonyl (C=O) groups is 1. The Morgan fingerprint density at radius 1 is 1.31 bits per heavy atom. The predicted octanol–water partition coefficient (Wildman–Crippen LogP) is 3.21. The predicted molar refractivity (Wildman–Crippen MR) is 98.7 cm³/mol. The largest absolute Gasteiger partial charge is 0.355 e. The van der Waals surface area contributed by atoms with E-state index in [2.05, 4.69) is 15.3 Å². The lowest BCUT2D eigenvalue weighted by atomic mass is 9.99. The second-order valence-electron chi connectivity index (χ2n) is 6.49. The van der Waals surface area contributed by atoms with Crippen LogP contribution in [0.25, 0.3) is 10.9 Å². The molecule has 2 heterocycles. The molecule has 0 spiro atoms. The first kappa shape index (κ1) is 20.1. The number of pyridine rings is 2. The number of aromatic nitrogens is 2. The maximum Gasteiger partial charge on any atom is 0.355 e. The molecule has 0 aliphatic heterocycles. The molecule has 0 fully saturated rings. The van der Waals surface area contributed by atoms with E-state index in [4.69, 9.17) is 5.26 Å². The van der Waals surface area contributed by atoms with Crippen LogP contribution in [0.3, 0.4) is 0 Å². The number of H-pyrrole nitrogens is 1. The number of nitrogens with one attached hydrogen (secondary N) is 2. The summed E-state index contributed by atoms with van der Waals surface area (Å²) in [7, 11) is 0. The lowest BCUT2D eigenvalue weighted by Gasteiger charge is -2.21. The third-order valence-corrected chi connectivity index (χ3v) is 4.54. The van der Waals surface area contributed by atoms with E-state index in [9.17, 15) is 22.8 Å². The van der Waals surface area contributed by atoms with Crippen LogP contribution in [-0.4, -0.2) is 15.9 Å². The molecule has 1 atom stereocenters. The summed E-state index contributed by atoms with van der Waals surface area (Å²) in [5.74, 6) is -6.55. The molecule has 29 heavy (non-hydrogen) atoms. The van der Waals surface area contributed by atoms with Gasteiger partial charge in [0.1, 0.15) is 5.82 Å². The van der Waals surface area contributed by atoms with Gasteiger partial charge in [0.05, 0.1) is 28.9 Å². The molecule has 2 aromatic heterocycles. The highest BCUT2D eigenvalue weighted by atomic mass is 19.3. The van der Waals surface area contributed by atoms with Gasteiger partial charge in [-0.05, 0) is 49.7 Å². The zero-order valence-corrected chi connectivity index (χ0v) is 15.4. The number of carbonyl (C=O) groups excluding carboxylic acids is 1. The fraction of sp³-hybridized carbons (Fsp3) is 0.200. The molecule has 9 heteroatoms. The molecule has 0 aliphatic rings. The van der Waals surface area contributed by atoms with E-state index in [0.717, 1.165) is 12.1 Å². The Hall–Kier alpha value is -3.67. The smallest absolute Gasteiger partial charge is 0.342 e. The van der Waals surface area contributed by atoms with Crippen molar-refractivity contribution in [2.45, 2.75) is 25.8 Å². The maximum atomic E-state index is 14.9. The Morgan fingerprint density at radius 2 is 2.03 bits per heavy atom. The summed E-state index contributed by atoms with van der Waals surface area (Å²) in [6.07, 6.45) is 1.32. The lowest BCUT2D eigenvalue weighted by Crippen LogP contribution is -2.43. The summed E-state index contributed by atoms with van der Waals surface area (Å²) in [5.41, 5.74) is -1.75. The molecule has 0 bridgehead atoms. The first-order valence-electron chi connectivity index (χ1n) is 8.52. The summed E-state index contributed by atoms with van der Waals surface area (Å²) in [5, 5.41) is 11.1. The molecule has 3 aromatic rings. The van der Waals surface area contributed by atoms with E-state index in [1.165, 1.54) is 38.2 Å². The monoisotopic (exact) mass is 400 g/mol. The lowest BCUT2D eigenvalue weighted by molar-refractivity contribution is -0.148. The van der Waals surface area contributed by atoms with Crippen LogP contribution in [0.5, 0.6) is 0 Å². The zero-order chi connectivity index (χ0) is 21.3. The van der Waals surface area contributed by atoms with Gasteiger partial charge in [0.15, 0.2) is 0 Å². The summed E-state index contributed by atoms with van der Waals surface area (Å²) < 4.78 is 43.4. The number of rotatable bonds is 4. The van der Waals surface area contributed by atoms with Gasteiger partial charge in [-0.2, -0.15) is 14.0 Å². The molecule has 0 saturated heterocycles. The quantitative estimate of drug-likeness (QED) is 0.703. The SMILES string of the molecule is Cc1c(C(F)(F)C(=O)N[C@@H](C)c2cc(C#N)ccn2)c(=O)[nH]c2ccc(F)cc12. The van der Waals surface area contributed by atoms with Crippen molar-refractivity contribution in [3.8, 4) is 6.07 Å². The number of nitriles is 1. The number of alkyl halides is 2. The Balaban J connectivity index is 1.98. The Labute approximate surface area is 163 Å². The van der Waals surface area contributed by atoms with Crippen LogP contribution < -0.4 is 10.9 Å². The van der Waals surface area contributed by atoms with Crippen molar-refractivity contribution < 1.29 is 18.0 Å². The number of aryl methyl sites for hydroxylation is 1. The Kier molecular flexibility index (Phi) is 5.12. The highest BCUT2D eigenvalue weighted by Gasteiger charge is 2.45. The fourth-order valence-electron chi connectivity index (χ4n) is 3.03. The van der Waals surface area contributed by atoms with E-state index in [0.29, 0.717) is 0 Å². The molecule has 0 aliphatic carbocycles. The topological polar surface area (TPSA) is 98.6 Å². The van der Waals surface area contributed by atoms with Gasteiger partial charge in [0, 0.05) is 17.1 Å². The van der Waals surface area contributed by atoms with Crippen molar-refractivity contribution in [3.63, 3.8) is 0 Å². The highest BCUT2D eigenvalue weighted by molar-refractivity contribution is 5.89. The van der Waals surface area contributed by atoms with E-state index in [1.54, 1.807) is 0 Å². The first-order valence-corrected chi connectivity index (χ1v) is 8.52. The molecular weight excluding hydrogens is 385 g/mol. The molecule has 0 unspecified atom stereocenters. The van der Waals surface area contributed by atoms with Gasteiger partial charge in [-0.3, -0.25) is 14.6 Å². The van der Waals surface area contributed by atoms with Gasteiger partial charge >= 0.3 is 5.92 Å². The second kappa shape index (κ2) is 7.39. The average Bonchev–Trinajstić information content (AvgIpc) is 2.68. The van der Waals surface area contributed by atoms with E-state index in [-0.39, 0.29) is 27.7 Å². The van der Waals surface area contributed by atoms with Crippen LogP contribution >= 0.6 is 0 Å². The minimum Gasteiger partial charge on any atom is -0.342 e. The summed E-state index contributed by atoms with van der Waals surface area (Å²) in [6.45, 7) is 2.65. The highest BCUT2D eigenvalue weighted by Crippen LogP contribution is 2.32. The van der Waals surface area contributed by atoms with Crippen LogP contribution in [0.15, 0.2) is 41.3 Å². The molecule has 0 saturated carbocycles. The number of fused-ring (bicyclic) bond motifs is 1. The molecule has 3 rings (SSSR count). The standard InChI is InChI=1S/C20H15F3N4O2/c1-10-14-8-13(21)3-4-15(14)27-18(28)17(10)20(22,23)19(29)26-11(2)16-7-12(9-24)5-6-25-16/h3-8,11H,1-2H3,(H,26,29)(H,27,28)/t11-/m0/s1. The van der Waals surface area contributed by atoms with Gasteiger partial charge in [-0.15, -0.1) is 0 Å². The zero-order valence-electron chi connectivity index (χ0n) is 15.4. The number of hydrogen-bond donors (Lipinski definition) is 2. The summed E-state index contributed by atoms with van der Waals surface area (Å²) in [6, 6.07) is 7.10. The molecule has 148 valence electrons. The van der Waals surface area contributed by atoms with E-state index in [1.807, 2.05) is 6.07 Å². The minimum absolute atomic E-state index is 0.0727. The molecular formula is C20H15F3N4O2. The number of benzene rings is 1. The Morgan fingerprint density at radius 3 is 2.72 bits per heavy atom. The van der Waals surface area contributed by atoms with Gasteiger partial charge in [-0.1, -0.05) is 0 Å². The van der Waals surface area contributed by atoms with Crippen LogP contribution in [0.4, 0.5) is 13.2 Å². The van der Waals surface area contributed by atoms with Gasteiger partial charge in [0.25, 0.3) is 11.5 Å². The number of halogens is 3. The number of nitrogens with zero attached hydrogens (tertiary/aromatic N) is 2. The van der Waals surface area contributed by atoms with Crippen LogP contribution in [0.1, 0.15) is 35.3 Å². The van der Waals surface area contributed by atoms with Gasteiger partial charge in [0.2, 0.25) is 0 Å². The van der Waals surface area contributed by atoms with Crippen LogP contribution in [-0.2, 0) is 10.7 Å². The van der Waals surface area contributed by atoms with Crippen molar-refractivity contribution >= 4 is 16.8 Å². The minimum atomic E-state index is -4.18. The molecule has 2 N–H and O–H groups in total. The molecule has 1 amide bonds. The average molecular weight is 400 g/mol. The number of amides is 1. The van der Waals surface area contributed by atoms with Gasteiger partial charge < -0.3 is 10.3 Å². The Bertz CT molecular complexity index is 1210. The first-order chi connectivity index (χ1) is 13.6. The van der Waals surface area contributed by atoms with E-state index < -0.39 is 34.8 Å². The molecule has 0 radical (unpaired) electrons. The van der Waals surface area contributed by atoms with Crippen molar-refractivity contribution in [3.05, 3.63) is 75.1 Å².